The van der Waals surface area contributed by atoms with Crippen LogP contribution in [-0.2, 0) is 0 Å². The van der Waals surface area contributed by atoms with Gasteiger partial charge in [-0.15, -0.1) is 0 Å². The van der Waals surface area contributed by atoms with Gasteiger partial charge in [0.1, 0.15) is 5.15 Å². The zero-order valence-electron chi connectivity index (χ0n) is 8.54. The molecule has 5 heteroatoms. The first kappa shape index (κ1) is 11.2. The molecule has 0 atom stereocenters. The molecule has 1 aromatic carbocycles. The Morgan fingerprint density at radius 1 is 1.19 bits per heavy atom. The molecular weight excluding hydrogens is 245 g/mol. The zero-order chi connectivity index (χ0) is 11.5. The molecule has 1 aromatic heterocycles. The van der Waals surface area contributed by atoms with Gasteiger partial charge in [-0.05, 0) is 24.6 Å². The van der Waals surface area contributed by atoms with Gasteiger partial charge in [-0.3, -0.25) is 4.98 Å². The van der Waals surface area contributed by atoms with Gasteiger partial charge in [0.2, 0.25) is 0 Å². The second-order valence-corrected chi connectivity index (χ2v) is 4.13. The van der Waals surface area contributed by atoms with E-state index in [1.807, 2.05) is 25.1 Å². The molecule has 2 rings (SSSR count). The lowest BCUT2D eigenvalue weighted by Crippen LogP contribution is -1.95. The molecule has 0 radical (unpaired) electrons. The predicted molar refractivity (Wildman–Crippen MR) is 66.5 cm³/mol. The second-order valence-electron chi connectivity index (χ2n) is 3.34. The van der Waals surface area contributed by atoms with Crippen molar-refractivity contribution in [3.63, 3.8) is 0 Å². The van der Waals surface area contributed by atoms with Gasteiger partial charge in [-0.2, -0.15) is 0 Å². The van der Waals surface area contributed by atoms with Gasteiger partial charge in [0.05, 0.1) is 23.1 Å². The van der Waals surface area contributed by atoms with Crippen molar-refractivity contribution < 1.29 is 0 Å². The average molecular weight is 254 g/mol. The van der Waals surface area contributed by atoms with Crippen molar-refractivity contribution in [2.24, 2.45) is 0 Å². The van der Waals surface area contributed by atoms with E-state index in [2.05, 4.69) is 15.3 Å². The van der Waals surface area contributed by atoms with Crippen molar-refractivity contribution in [3.8, 4) is 0 Å². The topological polar surface area (TPSA) is 37.8 Å². The van der Waals surface area contributed by atoms with E-state index in [0.717, 1.165) is 11.3 Å². The highest BCUT2D eigenvalue weighted by molar-refractivity contribution is 6.33. The Morgan fingerprint density at radius 2 is 2.00 bits per heavy atom. The molecule has 2 aromatic rings. The second kappa shape index (κ2) is 4.68. The highest BCUT2D eigenvalue weighted by Crippen LogP contribution is 2.25. The lowest BCUT2D eigenvalue weighted by Gasteiger charge is -2.07. The molecule has 0 bridgehead atoms. The van der Waals surface area contributed by atoms with Crippen molar-refractivity contribution in [1.82, 2.24) is 9.97 Å². The lowest BCUT2D eigenvalue weighted by molar-refractivity contribution is 1.20. The van der Waals surface area contributed by atoms with Crippen LogP contribution in [0.1, 0.15) is 5.56 Å². The number of nitrogens with one attached hydrogen (secondary N) is 1. The summed E-state index contributed by atoms with van der Waals surface area (Å²) in [6.07, 6.45) is 3.06. The van der Waals surface area contributed by atoms with E-state index in [9.17, 15) is 0 Å². The Balaban J connectivity index is 2.27. The maximum Gasteiger partial charge on any atom is 0.150 e. The Hall–Kier alpha value is -1.32. The standard InChI is InChI=1S/C11H9Cl2N3/c1-7-2-3-9(8(12)4-7)15-11-6-14-5-10(13)16-11/h2-6H,1H3,(H,15,16). The number of anilines is 2. The quantitative estimate of drug-likeness (QED) is 0.884. The summed E-state index contributed by atoms with van der Waals surface area (Å²) in [6.45, 7) is 1.98. The van der Waals surface area contributed by atoms with Crippen LogP contribution in [0.15, 0.2) is 30.6 Å². The van der Waals surface area contributed by atoms with E-state index in [1.165, 1.54) is 6.20 Å². The summed E-state index contributed by atoms with van der Waals surface area (Å²) in [5.41, 5.74) is 1.89. The fourth-order valence-electron chi connectivity index (χ4n) is 1.26. The Labute approximate surface area is 103 Å². The zero-order valence-corrected chi connectivity index (χ0v) is 10.0. The summed E-state index contributed by atoms with van der Waals surface area (Å²) in [7, 11) is 0. The predicted octanol–water partition coefficient (Wildman–Crippen LogP) is 3.84. The number of nitrogens with zero attached hydrogens (tertiary/aromatic N) is 2. The van der Waals surface area contributed by atoms with Gasteiger partial charge < -0.3 is 5.32 Å². The maximum absolute atomic E-state index is 6.08. The van der Waals surface area contributed by atoms with Gasteiger partial charge >= 0.3 is 0 Å². The van der Waals surface area contributed by atoms with Crippen molar-refractivity contribution in [2.45, 2.75) is 6.92 Å². The van der Waals surface area contributed by atoms with E-state index < -0.39 is 0 Å². The first-order valence-corrected chi connectivity index (χ1v) is 5.41. The van der Waals surface area contributed by atoms with Crippen LogP contribution in [0.3, 0.4) is 0 Å². The monoisotopic (exact) mass is 253 g/mol. The summed E-state index contributed by atoms with van der Waals surface area (Å²) in [6, 6.07) is 5.73. The third-order valence-electron chi connectivity index (χ3n) is 1.99. The Bertz CT molecular complexity index is 514. The first-order chi connectivity index (χ1) is 7.65. The molecule has 0 spiro atoms. The molecule has 0 aliphatic rings. The van der Waals surface area contributed by atoms with Gasteiger partial charge in [-0.25, -0.2) is 4.98 Å². The third kappa shape index (κ3) is 2.62. The minimum Gasteiger partial charge on any atom is -0.338 e. The number of hydrogen-bond donors (Lipinski definition) is 1. The molecule has 0 unspecified atom stereocenters. The summed E-state index contributed by atoms with van der Waals surface area (Å²) in [4.78, 5) is 7.99. The molecule has 82 valence electrons. The van der Waals surface area contributed by atoms with E-state index in [-0.39, 0.29) is 0 Å². The highest BCUT2D eigenvalue weighted by Gasteiger charge is 2.02. The first-order valence-electron chi connectivity index (χ1n) is 4.66. The molecule has 1 N–H and O–H groups in total. The van der Waals surface area contributed by atoms with Crippen molar-refractivity contribution in [1.29, 1.82) is 0 Å². The molecule has 0 aliphatic heterocycles. The largest absolute Gasteiger partial charge is 0.338 e. The van der Waals surface area contributed by atoms with Gasteiger partial charge in [0.25, 0.3) is 0 Å². The van der Waals surface area contributed by atoms with Gasteiger partial charge in [0.15, 0.2) is 5.82 Å². The molecular formula is C11H9Cl2N3. The van der Waals surface area contributed by atoms with Crippen LogP contribution >= 0.6 is 23.2 Å². The SMILES string of the molecule is Cc1ccc(Nc2cncc(Cl)n2)c(Cl)c1. The van der Waals surface area contributed by atoms with Crippen molar-refractivity contribution in [2.75, 3.05) is 5.32 Å². The molecule has 16 heavy (non-hydrogen) atoms. The maximum atomic E-state index is 6.08. The van der Waals surface area contributed by atoms with E-state index >= 15 is 0 Å². The average Bonchev–Trinajstić information content (AvgIpc) is 2.22. The van der Waals surface area contributed by atoms with Crippen molar-refractivity contribution >= 4 is 34.7 Å². The number of hydrogen-bond acceptors (Lipinski definition) is 3. The van der Waals surface area contributed by atoms with E-state index in [4.69, 9.17) is 23.2 Å². The molecule has 3 nitrogen and oxygen atoms in total. The molecule has 0 saturated carbocycles. The normalized spacial score (nSPS) is 10.2. The molecule has 0 amide bonds. The lowest BCUT2D eigenvalue weighted by atomic mass is 10.2. The Morgan fingerprint density at radius 3 is 2.69 bits per heavy atom. The highest BCUT2D eigenvalue weighted by atomic mass is 35.5. The van der Waals surface area contributed by atoms with Crippen LogP contribution in [0.25, 0.3) is 0 Å². The minimum atomic E-state index is 0.341. The Kier molecular flexibility index (Phi) is 3.27. The number of aromatic nitrogens is 2. The van der Waals surface area contributed by atoms with Crippen LogP contribution in [0.4, 0.5) is 11.5 Å². The van der Waals surface area contributed by atoms with Crippen molar-refractivity contribution in [3.05, 3.63) is 46.3 Å². The summed E-state index contributed by atoms with van der Waals surface area (Å²) in [5, 5.41) is 4.03. The van der Waals surface area contributed by atoms with Crippen LogP contribution in [0.2, 0.25) is 10.2 Å². The third-order valence-corrected chi connectivity index (χ3v) is 2.49. The molecule has 0 aliphatic carbocycles. The van der Waals surface area contributed by atoms with Gasteiger partial charge in [0, 0.05) is 0 Å². The summed E-state index contributed by atoms with van der Waals surface area (Å²) < 4.78 is 0. The fraction of sp³-hybridized carbons (Fsp3) is 0.0909. The summed E-state index contributed by atoms with van der Waals surface area (Å²) in [5.74, 6) is 0.568. The molecule has 0 fully saturated rings. The van der Waals surface area contributed by atoms with Crippen LogP contribution in [0, 0.1) is 6.92 Å². The molecule has 0 saturated heterocycles. The minimum absolute atomic E-state index is 0.341. The number of aryl methyl sites for hydroxylation is 1. The number of rotatable bonds is 2. The summed E-state index contributed by atoms with van der Waals surface area (Å²) >= 11 is 11.8. The number of halogens is 2. The van der Waals surface area contributed by atoms with E-state index in [0.29, 0.717) is 16.0 Å². The van der Waals surface area contributed by atoms with Gasteiger partial charge in [-0.1, -0.05) is 29.3 Å². The van der Waals surface area contributed by atoms with E-state index in [1.54, 1.807) is 6.20 Å². The molecule has 1 heterocycles. The fourth-order valence-corrected chi connectivity index (χ4v) is 1.69. The smallest absolute Gasteiger partial charge is 0.150 e. The van der Waals surface area contributed by atoms with Crippen LogP contribution in [0.5, 0.6) is 0 Å². The van der Waals surface area contributed by atoms with Crippen LogP contribution < -0.4 is 5.32 Å². The number of benzene rings is 1. The van der Waals surface area contributed by atoms with Crippen LogP contribution in [-0.4, -0.2) is 9.97 Å².